The molecule has 0 fully saturated rings. The van der Waals surface area contributed by atoms with E-state index in [4.69, 9.17) is 10.5 Å². The number of aromatic nitrogens is 2. The fourth-order valence-corrected chi connectivity index (χ4v) is 5.39. The van der Waals surface area contributed by atoms with E-state index in [9.17, 15) is 18.0 Å². The first-order chi connectivity index (χ1) is 15.7. The molecule has 33 heavy (non-hydrogen) atoms. The number of amides is 1. The number of sulfone groups is 1. The van der Waals surface area contributed by atoms with Crippen LogP contribution in [0.1, 0.15) is 10.4 Å². The lowest BCUT2D eigenvalue weighted by molar-refractivity contribution is -0.116. The van der Waals surface area contributed by atoms with Crippen molar-refractivity contribution in [1.82, 2.24) is 9.78 Å². The largest absolute Gasteiger partial charge is 0.497 e. The van der Waals surface area contributed by atoms with E-state index >= 15 is 0 Å². The highest BCUT2D eigenvalue weighted by Crippen LogP contribution is 2.34. The summed E-state index contributed by atoms with van der Waals surface area (Å²) in [5, 5.41) is 7.05. The number of anilines is 2. The molecule has 174 valence electrons. The summed E-state index contributed by atoms with van der Waals surface area (Å²) >= 11 is 1.11. The number of methoxy groups -OCH3 is 2. The van der Waals surface area contributed by atoms with Crippen LogP contribution in [0.25, 0.3) is 0 Å². The van der Waals surface area contributed by atoms with Gasteiger partial charge in [-0.15, -0.1) is 11.8 Å². The summed E-state index contributed by atoms with van der Waals surface area (Å²) in [7, 11) is -1.23. The molecule has 12 heteroatoms. The first-order valence-electron chi connectivity index (χ1n) is 9.49. The number of carbonyl (C=O) groups excluding carboxylic acids is 2. The van der Waals surface area contributed by atoms with Gasteiger partial charge in [-0.1, -0.05) is 0 Å². The van der Waals surface area contributed by atoms with Gasteiger partial charge in [0.15, 0.2) is 0 Å². The van der Waals surface area contributed by atoms with Crippen molar-refractivity contribution < 1.29 is 27.5 Å². The molecule has 0 unspecified atom stereocenters. The number of nitrogens with two attached hydrogens (primary N) is 1. The summed E-state index contributed by atoms with van der Waals surface area (Å²) in [5.41, 5.74) is 6.90. The molecule has 0 atom stereocenters. The van der Waals surface area contributed by atoms with Crippen molar-refractivity contribution in [3.8, 4) is 5.75 Å². The van der Waals surface area contributed by atoms with Crippen molar-refractivity contribution in [2.75, 3.05) is 31.5 Å². The third-order valence-electron chi connectivity index (χ3n) is 4.63. The van der Waals surface area contributed by atoms with Gasteiger partial charge in [0.05, 0.1) is 24.7 Å². The van der Waals surface area contributed by atoms with E-state index in [1.54, 1.807) is 18.4 Å². The predicted octanol–water partition coefficient (Wildman–Crippen LogP) is 2.45. The second kappa shape index (κ2) is 9.96. The van der Waals surface area contributed by atoms with Crippen LogP contribution in [0.4, 0.5) is 11.5 Å². The normalized spacial score (nSPS) is 11.1. The number of carbonyl (C=O) groups is 2. The maximum atomic E-state index is 13.2. The highest BCUT2D eigenvalue weighted by Gasteiger charge is 2.29. The summed E-state index contributed by atoms with van der Waals surface area (Å²) in [6, 6.07) is 12.0. The molecular formula is C21H22N4O6S2. The molecule has 1 aromatic heterocycles. The summed E-state index contributed by atoms with van der Waals surface area (Å²) < 4.78 is 37.3. The highest BCUT2D eigenvalue weighted by molar-refractivity contribution is 7.99. The zero-order valence-electron chi connectivity index (χ0n) is 18.1. The number of esters is 1. The van der Waals surface area contributed by atoms with Crippen molar-refractivity contribution in [2.24, 2.45) is 0 Å². The number of rotatable bonds is 8. The minimum absolute atomic E-state index is 0.0278. The number of hydrogen-bond acceptors (Lipinski definition) is 9. The topological polar surface area (TPSA) is 143 Å². The van der Waals surface area contributed by atoms with E-state index in [-0.39, 0.29) is 27.2 Å². The minimum atomic E-state index is -3.99. The zero-order chi connectivity index (χ0) is 24.2. The standard InChI is InChI=1S/C21H22N4O6S2/c1-30-15-8-10-16(11-9-15)33(28,29)18-19(22)25(24-20(18)32-3)12-17(26)23-14-6-4-13(5-7-14)21(27)31-2/h4-11H,12,22H2,1-3H3,(H,23,26). The van der Waals surface area contributed by atoms with Gasteiger partial charge in [-0.05, 0) is 54.8 Å². The summed E-state index contributed by atoms with van der Waals surface area (Å²) in [4.78, 5) is 23.9. The lowest BCUT2D eigenvalue weighted by Crippen LogP contribution is -2.21. The maximum absolute atomic E-state index is 13.2. The van der Waals surface area contributed by atoms with E-state index < -0.39 is 21.7 Å². The first-order valence-corrected chi connectivity index (χ1v) is 12.2. The third-order valence-corrected chi connectivity index (χ3v) is 7.27. The van der Waals surface area contributed by atoms with Crippen LogP contribution in [0.3, 0.4) is 0 Å². The Morgan fingerprint density at radius 2 is 1.73 bits per heavy atom. The lowest BCUT2D eigenvalue weighted by atomic mass is 10.2. The Labute approximate surface area is 195 Å². The molecule has 0 aliphatic heterocycles. The van der Waals surface area contributed by atoms with E-state index in [1.807, 2.05) is 0 Å². The molecule has 0 bridgehead atoms. The molecule has 3 aromatic rings. The first kappa shape index (κ1) is 24.1. The Morgan fingerprint density at radius 3 is 2.27 bits per heavy atom. The number of benzene rings is 2. The van der Waals surface area contributed by atoms with E-state index in [0.29, 0.717) is 17.0 Å². The number of nitrogens with zero attached hydrogens (tertiary/aromatic N) is 2. The van der Waals surface area contributed by atoms with Crippen LogP contribution in [0, 0.1) is 0 Å². The Hall–Kier alpha value is -3.51. The van der Waals surface area contributed by atoms with Crippen molar-refractivity contribution >= 4 is 45.0 Å². The van der Waals surface area contributed by atoms with E-state index in [0.717, 1.165) is 16.4 Å². The molecule has 0 aliphatic rings. The fraction of sp³-hybridized carbons (Fsp3) is 0.190. The van der Waals surface area contributed by atoms with Gasteiger partial charge in [0.25, 0.3) is 0 Å². The molecule has 3 N–H and O–H groups in total. The Balaban J connectivity index is 1.83. The molecule has 10 nitrogen and oxygen atoms in total. The number of hydrogen-bond donors (Lipinski definition) is 2. The van der Waals surface area contributed by atoms with E-state index in [1.165, 1.54) is 50.6 Å². The van der Waals surface area contributed by atoms with Gasteiger partial charge in [0, 0.05) is 5.69 Å². The van der Waals surface area contributed by atoms with Gasteiger partial charge in [0.1, 0.15) is 28.0 Å². The molecule has 0 aliphatic carbocycles. The predicted molar refractivity (Wildman–Crippen MR) is 123 cm³/mol. The van der Waals surface area contributed by atoms with Crippen LogP contribution in [0.15, 0.2) is 63.3 Å². The molecule has 0 saturated heterocycles. The number of nitrogens with one attached hydrogen (secondary N) is 1. The fourth-order valence-electron chi connectivity index (χ4n) is 2.96. The molecule has 0 radical (unpaired) electrons. The van der Waals surface area contributed by atoms with Crippen LogP contribution < -0.4 is 15.8 Å². The van der Waals surface area contributed by atoms with Gasteiger partial charge in [-0.25, -0.2) is 17.9 Å². The molecule has 1 heterocycles. The Kier molecular flexibility index (Phi) is 7.29. The van der Waals surface area contributed by atoms with Crippen LogP contribution in [0.5, 0.6) is 5.75 Å². The average Bonchev–Trinajstić information content (AvgIpc) is 3.14. The Bertz CT molecular complexity index is 1270. The molecule has 1 amide bonds. The van der Waals surface area contributed by atoms with Crippen LogP contribution >= 0.6 is 11.8 Å². The summed E-state index contributed by atoms with van der Waals surface area (Å²) in [6.45, 7) is -0.309. The molecule has 0 spiro atoms. The van der Waals surface area contributed by atoms with Crippen LogP contribution in [0.2, 0.25) is 0 Å². The van der Waals surface area contributed by atoms with E-state index in [2.05, 4.69) is 15.2 Å². The second-order valence-electron chi connectivity index (χ2n) is 6.68. The molecule has 3 rings (SSSR count). The van der Waals surface area contributed by atoms with Crippen LogP contribution in [-0.4, -0.2) is 50.6 Å². The maximum Gasteiger partial charge on any atom is 0.337 e. The van der Waals surface area contributed by atoms with Gasteiger partial charge >= 0.3 is 5.97 Å². The smallest absolute Gasteiger partial charge is 0.337 e. The molecule has 0 saturated carbocycles. The number of nitrogen functional groups attached to an aromatic ring is 1. The van der Waals surface area contributed by atoms with Gasteiger partial charge in [0.2, 0.25) is 15.7 Å². The molecular weight excluding hydrogens is 468 g/mol. The lowest BCUT2D eigenvalue weighted by Gasteiger charge is -2.08. The van der Waals surface area contributed by atoms with Gasteiger partial charge < -0.3 is 20.5 Å². The van der Waals surface area contributed by atoms with Gasteiger partial charge in [-0.3, -0.25) is 4.79 Å². The minimum Gasteiger partial charge on any atom is -0.497 e. The highest BCUT2D eigenvalue weighted by atomic mass is 32.2. The number of thioether (sulfide) groups is 1. The monoisotopic (exact) mass is 490 g/mol. The second-order valence-corrected chi connectivity index (χ2v) is 9.36. The zero-order valence-corrected chi connectivity index (χ0v) is 19.7. The van der Waals surface area contributed by atoms with Crippen molar-refractivity contribution in [1.29, 1.82) is 0 Å². The van der Waals surface area contributed by atoms with Gasteiger partial charge in [-0.2, -0.15) is 5.10 Å². The average molecular weight is 491 g/mol. The number of ether oxygens (including phenoxy) is 2. The molecule has 2 aromatic carbocycles. The van der Waals surface area contributed by atoms with Crippen LogP contribution in [-0.2, 0) is 25.9 Å². The quantitative estimate of drug-likeness (QED) is 0.359. The Morgan fingerprint density at radius 1 is 1.09 bits per heavy atom. The van der Waals surface area contributed by atoms with Crippen molar-refractivity contribution in [3.63, 3.8) is 0 Å². The SMILES string of the molecule is COC(=O)c1ccc(NC(=O)Cn2nc(SC)c(S(=O)(=O)c3ccc(OC)cc3)c2N)cc1. The van der Waals surface area contributed by atoms with Crippen molar-refractivity contribution in [2.45, 2.75) is 21.4 Å². The summed E-state index contributed by atoms with van der Waals surface area (Å²) in [6.07, 6.45) is 1.67. The van der Waals surface area contributed by atoms with Crippen molar-refractivity contribution in [3.05, 3.63) is 54.1 Å². The third kappa shape index (κ3) is 5.12. The summed E-state index contributed by atoms with van der Waals surface area (Å²) in [5.74, 6) is -0.603.